The monoisotopic (exact) mass is 242 g/mol. The van der Waals surface area contributed by atoms with Crippen LogP contribution in [-0.4, -0.2) is 19.0 Å². The van der Waals surface area contributed by atoms with E-state index in [4.69, 9.17) is 5.73 Å². The molecule has 3 N–H and O–H groups in total. The highest BCUT2D eigenvalue weighted by Crippen LogP contribution is 2.10. The second-order valence-corrected chi connectivity index (χ2v) is 3.47. The van der Waals surface area contributed by atoms with Crippen LogP contribution in [0.4, 0.5) is 0 Å². The van der Waals surface area contributed by atoms with Gasteiger partial charge >= 0.3 is 0 Å². The second-order valence-electron chi connectivity index (χ2n) is 2.55. The number of carbonyl (C=O) groups excluding carboxylic acids is 1. The van der Waals surface area contributed by atoms with E-state index in [1.165, 1.54) is 0 Å². The maximum atomic E-state index is 11.3. The molecule has 0 aliphatic carbocycles. The largest absolute Gasteiger partial charge is 0.351 e. The first-order valence-electron chi connectivity index (χ1n) is 3.98. The van der Waals surface area contributed by atoms with E-state index in [1.807, 2.05) is 12.1 Å². The molecule has 0 saturated carbocycles. The summed E-state index contributed by atoms with van der Waals surface area (Å²) in [5, 5.41) is 2.69. The fourth-order valence-electron chi connectivity index (χ4n) is 0.889. The first-order chi connectivity index (χ1) is 6.24. The number of hydrogen-bond donors (Lipinski definition) is 2. The molecule has 70 valence electrons. The average molecular weight is 243 g/mol. The number of hydrogen-bond acceptors (Lipinski definition) is 2. The van der Waals surface area contributed by atoms with Gasteiger partial charge in [0.05, 0.1) is 0 Å². The van der Waals surface area contributed by atoms with Crippen molar-refractivity contribution in [2.75, 3.05) is 13.1 Å². The van der Waals surface area contributed by atoms with E-state index in [1.54, 1.807) is 12.1 Å². The van der Waals surface area contributed by atoms with Crippen LogP contribution in [0.15, 0.2) is 28.7 Å². The van der Waals surface area contributed by atoms with Gasteiger partial charge in [-0.3, -0.25) is 4.79 Å². The molecule has 0 spiro atoms. The second kappa shape index (κ2) is 4.99. The van der Waals surface area contributed by atoms with E-state index in [0.717, 1.165) is 4.47 Å². The maximum absolute atomic E-state index is 11.3. The number of halogens is 1. The van der Waals surface area contributed by atoms with Crippen LogP contribution in [0.25, 0.3) is 0 Å². The molecule has 0 atom stereocenters. The van der Waals surface area contributed by atoms with Gasteiger partial charge in [0, 0.05) is 23.1 Å². The summed E-state index contributed by atoms with van der Waals surface area (Å²) in [6, 6.07) is 7.18. The van der Waals surface area contributed by atoms with Crippen LogP contribution < -0.4 is 11.1 Å². The Hall–Kier alpha value is -0.870. The molecular formula is C9H11BrN2O. The summed E-state index contributed by atoms with van der Waals surface area (Å²) in [7, 11) is 0. The van der Waals surface area contributed by atoms with Gasteiger partial charge in [-0.2, -0.15) is 0 Å². The molecule has 0 aliphatic heterocycles. The van der Waals surface area contributed by atoms with Gasteiger partial charge in [0.15, 0.2) is 0 Å². The first kappa shape index (κ1) is 10.2. The van der Waals surface area contributed by atoms with Crippen LogP contribution in [0.1, 0.15) is 10.4 Å². The van der Waals surface area contributed by atoms with Gasteiger partial charge in [-0.15, -0.1) is 0 Å². The van der Waals surface area contributed by atoms with Gasteiger partial charge in [0.25, 0.3) is 5.91 Å². The fraction of sp³-hybridized carbons (Fsp3) is 0.222. The molecular weight excluding hydrogens is 232 g/mol. The van der Waals surface area contributed by atoms with Gasteiger partial charge in [-0.1, -0.05) is 15.9 Å². The van der Waals surface area contributed by atoms with Crippen LogP contribution >= 0.6 is 15.9 Å². The Morgan fingerprint density at radius 2 is 2.00 bits per heavy atom. The Morgan fingerprint density at radius 3 is 2.54 bits per heavy atom. The van der Waals surface area contributed by atoms with E-state index in [-0.39, 0.29) is 5.91 Å². The molecule has 4 heteroatoms. The lowest BCUT2D eigenvalue weighted by Crippen LogP contribution is -2.28. The minimum atomic E-state index is -0.0852. The summed E-state index contributed by atoms with van der Waals surface area (Å²) in [4.78, 5) is 11.3. The number of nitrogens with two attached hydrogens (primary N) is 1. The molecule has 13 heavy (non-hydrogen) atoms. The molecule has 0 fully saturated rings. The minimum absolute atomic E-state index is 0.0852. The van der Waals surface area contributed by atoms with Crippen molar-refractivity contribution in [1.82, 2.24) is 5.32 Å². The fourth-order valence-corrected chi connectivity index (χ4v) is 1.15. The molecule has 0 aliphatic rings. The van der Waals surface area contributed by atoms with Crippen LogP contribution in [0, 0.1) is 0 Å². The molecule has 0 radical (unpaired) electrons. The van der Waals surface area contributed by atoms with Crippen LogP contribution in [0.5, 0.6) is 0 Å². The highest BCUT2D eigenvalue weighted by Gasteiger charge is 2.02. The normalized spacial score (nSPS) is 9.69. The Labute approximate surface area is 85.4 Å². The third kappa shape index (κ3) is 3.16. The third-order valence-corrected chi connectivity index (χ3v) is 2.06. The van der Waals surface area contributed by atoms with Crippen LogP contribution in [-0.2, 0) is 0 Å². The molecule has 1 rings (SSSR count). The molecule has 0 aromatic heterocycles. The summed E-state index contributed by atoms with van der Waals surface area (Å²) in [5.41, 5.74) is 5.91. The molecule has 3 nitrogen and oxygen atoms in total. The first-order valence-corrected chi connectivity index (χ1v) is 4.77. The number of nitrogens with one attached hydrogen (secondary N) is 1. The molecule has 1 aromatic carbocycles. The van der Waals surface area contributed by atoms with E-state index in [9.17, 15) is 4.79 Å². The summed E-state index contributed by atoms with van der Waals surface area (Å²) in [6.07, 6.45) is 0. The Balaban J connectivity index is 2.61. The number of carbonyl (C=O) groups is 1. The Morgan fingerprint density at radius 1 is 1.38 bits per heavy atom. The predicted octanol–water partition coefficient (Wildman–Crippen LogP) is 1.14. The average Bonchev–Trinajstić information content (AvgIpc) is 2.15. The molecule has 0 saturated heterocycles. The molecule has 0 bridgehead atoms. The topological polar surface area (TPSA) is 55.1 Å². The van der Waals surface area contributed by atoms with Gasteiger partial charge in [-0.05, 0) is 24.3 Å². The quantitative estimate of drug-likeness (QED) is 0.836. The van der Waals surface area contributed by atoms with Crippen molar-refractivity contribution in [3.63, 3.8) is 0 Å². The zero-order valence-corrected chi connectivity index (χ0v) is 8.67. The highest BCUT2D eigenvalue weighted by atomic mass is 79.9. The van der Waals surface area contributed by atoms with Crippen molar-refractivity contribution in [3.05, 3.63) is 34.3 Å². The van der Waals surface area contributed by atoms with Crippen LogP contribution in [0.3, 0.4) is 0 Å². The van der Waals surface area contributed by atoms with E-state index < -0.39 is 0 Å². The summed E-state index contributed by atoms with van der Waals surface area (Å²) >= 11 is 3.30. The van der Waals surface area contributed by atoms with Crippen LogP contribution in [0.2, 0.25) is 0 Å². The lowest BCUT2D eigenvalue weighted by molar-refractivity contribution is 0.0955. The lowest BCUT2D eigenvalue weighted by atomic mass is 10.2. The third-order valence-electron chi connectivity index (χ3n) is 1.54. The van der Waals surface area contributed by atoms with Gasteiger partial charge in [0.1, 0.15) is 0 Å². The van der Waals surface area contributed by atoms with Crippen molar-refractivity contribution >= 4 is 21.8 Å². The van der Waals surface area contributed by atoms with Gasteiger partial charge < -0.3 is 11.1 Å². The molecule has 0 unspecified atom stereocenters. The lowest BCUT2D eigenvalue weighted by Gasteiger charge is -2.02. The standard InChI is InChI=1S/C9H11BrN2O/c10-8-3-1-7(2-4-8)9(13)12-6-5-11/h1-4H,5-6,11H2,(H,12,13). The van der Waals surface area contributed by atoms with E-state index in [2.05, 4.69) is 21.2 Å². The zero-order valence-electron chi connectivity index (χ0n) is 7.09. The maximum Gasteiger partial charge on any atom is 0.251 e. The molecule has 1 amide bonds. The number of amides is 1. The van der Waals surface area contributed by atoms with Gasteiger partial charge in [0.2, 0.25) is 0 Å². The van der Waals surface area contributed by atoms with Crippen molar-refractivity contribution in [2.45, 2.75) is 0 Å². The predicted molar refractivity (Wildman–Crippen MR) is 55.5 cm³/mol. The zero-order chi connectivity index (χ0) is 9.68. The number of rotatable bonds is 3. The van der Waals surface area contributed by atoms with Crippen molar-refractivity contribution in [1.29, 1.82) is 0 Å². The van der Waals surface area contributed by atoms with Crippen molar-refractivity contribution in [3.8, 4) is 0 Å². The Kier molecular flexibility index (Phi) is 3.92. The van der Waals surface area contributed by atoms with Crippen molar-refractivity contribution < 1.29 is 4.79 Å². The summed E-state index contributed by atoms with van der Waals surface area (Å²) in [6.45, 7) is 0.969. The van der Waals surface area contributed by atoms with E-state index in [0.29, 0.717) is 18.7 Å². The number of benzene rings is 1. The SMILES string of the molecule is NCCNC(=O)c1ccc(Br)cc1. The highest BCUT2D eigenvalue weighted by molar-refractivity contribution is 9.10. The summed E-state index contributed by atoms with van der Waals surface area (Å²) in [5.74, 6) is -0.0852. The van der Waals surface area contributed by atoms with E-state index >= 15 is 0 Å². The molecule has 0 heterocycles. The smallest absolute Gasteiger partial charge is 0.251 e. The molecule has 1 aromatic rings. The summed E-state index contributed by atoms with van der Waals surface area (Å²) < 4.78 is 0.961. The van der Waals surface area contributed by atoms with Crippen molar-refractivity contribution in [2.24, 2.45) is 5.73 Å². The van der Waals surface area contributed by atoms with Gasteiger partial charge in [-0.25, -0.2) is 0 Å². The Bertz CT molecular complexity index is 284. The minimum Gasteiger partial charge on any atom is -0.351 e.